The zero-order valence-corrected chi connectivity index (χ0v) is 9.80. The first-order valence-corrected chi connectivity index (χ1v) is 5.10. The van der Waals surface area contributed by atoms with E-state index in [1.54, 1.807) is 19.1 Å². The average Bonchev–Trinajstić information content (AvgIpc) is 2.27. The molecule has 1 aromatic carbocycles. The van der Waals surface area contributed by atoms with E-state index >= 15 is 0 Å². The molecule has 1 N–H and O–H groups in total. The van der Waals surface area contributed by atoms with E-state index in [4.69, 9.17) is 9.84 Å². The molecule has 4 heteroatoms. The predicted octanol–water partition coefficient (Wildman–Crippen LogP) is 1.77. The largest absolute Gasteiger partial charge is 0.497 e. The van der Waals surface area contributed by atoms with Crippen molar-refractivity contribution in [3.8, 4) is 5.75 Å². The van der Waals surface area contributed by atoms with Crippen molar-refractivity contribution in [2.75, 3.05) is 20.7 Å². The standard InChI is InChI=1S/C12H17NO3/c1-9(13(2)8-12(14)15)10-4-6-11(16-3)7-5-10/h4-7,9H,8H2,1-3H3,(H,14,15)/t9-/m1/s1. The normalized spacial score (nSPS) is 12.5. The molecule has 1 aromatic rings. The summed E-state index contributed by atoms with van der Waals surface area (Å²) >= 11 is 0. The fourth-order valence-corrected chi connectivity index (χ4v) is 1.49. The number of methoxy groups -OCH3 is 1. The lowest BCUT2D eigenvalue weighted by Crippen LogP contribution is -2.28. The van der Waals surface area contributed by atoms with E-state index in [2.05, 4.69) is 0 Å². The van der Waals surface area contributed by atoms with Gasteiger partial charge in [-0.15, -0.1) is 0 Å². The van der Waals surface area contributed by atoms with E-state index in [1.165, 1.54) is 0 Å². The summed E-state index contributed by atoms with van der Waals surface area (Å²) in [5.74, 6) is -0.0142. The Bertz CT molecular complexity index is 348. The van der Waals surface area contributed by atoms with Crippen molar-refractivity contribution >= 4 is 5.97 Å². The zero-order valence-electron chi connectivity index (χ0n) is 9.80. The summed E-state index contributed by atoms with van der Waals surface area (Å²) in [5.41, 5.74) is 1.07. The highest BCUT2D eigenvalue weighted by atomic mass is 16.5. The quantitative estimate of drug-likeness (QED) is 0.826. The first kappa shape index (κ1) is 12.5. The Morgan fingerprint density at radius 3 is 2.44 bits per heavy atom. The fourth-order valence-electron chi connectivity index (χ4n) is 1.49. The van der Waals surface area contributed by atoms with E-state index in [0.717, 1.165) is 11.3 Å². The maximum atomic E-state index is 10.6. The molecule has 0 spiro atoms. The summed E-state index contributed by atoms with van der Waals surface area (Å²) < 4.78 is 5.07. The number of carboxylic acids is 1. The van der Waals surface area contributed by atoms with E-state index in [1.807, 2.05) is 31.2 Å². The van der Waals surface area contributed by atoms with Crippen molar-refractivity contribution in [1.29, 1.82) is 0 Å². The molecule has 0 aliphatic carbocycles. The molecule has 0 saturated heterocycles. The lowest BCUT2D eigenvalue weighted by Gasteiger charge is -2.23. The van der Waals surface area contributed by atoms with Gasteiger partial charge >= 0.3 is 5.97 Å². The monoisotopic (exact) mass is 223 g/mol. The Kier molecular flexibility index (Phi) is 4.31. The van der Waals surface area contributed by atoms with Crippen LogP contribution in [0.4, 0.5) is 0 Å². The van der Waals surface area contributed by atoms with Gasteiger partial charge in [-0.25, -0.2) is 0 Å². The van der Waals surface area contributed by atoms with Crippen LogP contribution in [-0.4, -0.2) is 36.7 Å². The second kappa shape index (κ2) is 5.51. The number of benzene rings is 1. The zero-order chi connectivity index (χ0) is 12.1. The molecular formula is C12H17NO3. The predicted molar refractivity (Wildman–Crippen MR) is 61.7 cm³/mol. The van der Waals surface area contributed by atoms with Gasteiger partial charge in [0.25, 0.3) is 0 Å². The Morgan fingerprint density at radius 1 is 1.44 bits per heavy atom. The molecule has 0 radical (unpaired) electrons. The van der Waals surface area contributed by atoms with Crippen molar-refractivity contribution in [2.24, 2.45) is 0 Å². The van der Waals surface area contributed by atoms with Crippen LogP contribution in [0.3, 0.4) is 0 Å². The van der Waals surface area contributed by atoms with E-state index in [9.17, 15) is 4.79 Å². The molecule has 0 aliphatic heterocycles. The van der Waals surface area contributed by atoms with Crippen molar-refractivity contribution < 1.29 is 14.6 Å². The van der Waals surface area contributed by atoms with Gasteiger partial charge in [0, 0.05) is 6.04 Å². The van der Waals surface area contributed by atoms with Crippen LogP contribution < -0.4 is 4.74 Å². The van der Waals surface area contributed by atoms with Crippen molar-refractivity contribution in [3.63, 3.8) is 0 Å². The molecule has 0 aromatic heterocycles. The van der Waals surface area contributed by atoms with E-state index in [0.29, 0.717) is 0 Å². The van der Waals surface area contributed by atoms with Gasteiger partial charge in [-0.3, -0.25) is 9.69 Å². The van der Waals surface area contributed by atoms with E-state index < -0.39 is 5.97 Å². The highest BCUT2D eigenvalue weighted by Crippen LogP contribution is 2.21. The molecule has 0 unspecified atom stereocenters. The molecule has 0 heterocycles. The minimum atomic E-state index is -0.817. The third-order valence-electron chi connectivity index (χ3n) is 2.64. The number of carboxylic acid groups (broad SMARTS) is 1. The summed E-state index contributed by atoms with van der Waals surface area (Å²) in [5, 5.41) is 8.70. The topological polar surface area (TPSA) is 49.8 Å². The summed E-state index contributed by atoms with van der Waals surface area (Å²) in [6.07, 6.45) is 0. The summed E-state index contributed by atoms with van der Waals surface area (Å²) in [6, 6.07) is 7.71. The summed E-state index contributed by atoms with van der Waals surface area (Å²) in [4.78, 5) is 12.4. The second-order valence-corrected chi connectivity index (χ2v) is 3.76. The number of carbonyl (C=O) groups is 1. The molecule has 0 bridgehead atoms. The number of nitrogens with zero attached hydrogens (tertiary/aromatic N) is 1. The van der Waals surface area contributed by atoms with E-state index in [-0.39, 0.29) is 12.6 Å². The number of hydrogen-bond donors (Lipinski definition) is 1. The van der Waals surface area contributed by atoms with Crippen LogP contribution in [0, 0.1) is 0 Å². The van der Waals surface area contributed by atoms with Crippen LogP contribution >= 0.6 is 0 Å². The minimum absolute atomic E-state index is 0.0349. The molecule has 4 nitrogen and oxygen atoms in total. The molecule has 1 atom stereocenters. The maximum Gasteiger partial charge on any atom is 0.317 e. The highest BCUT2D eigenvalue weighted by Gasteiger charge is 2.13. The first-order valence-electron chi connectivity index (χ1n) is 5.10. The van der Waals surface area contributed by atoms with Gasteiger partial charge in [-0.1, -0.05) is 12.1 Å². The van der Waals surface area contributed by atoms with Crippen LogP contribution in [0.1, 0.15) is 18.5 Å². The molecule has 0 amide bonds. The van der Waals surface area contributed by atoms with Crippen LogP contribution in [0.15, 0.2) is 24.3 Å². The van der Waals surface area contributed by atoms with Gasteiger partial charge in [0.05, 0.1) is 13.7 Å². The molecule has 0 aliphatic rings. The Hall–Kier alpha value is -1.55. The minimum Gasteiger partial charge on any atom is -0.497 e. The van der Waals surface area contributed by atoms with Gasteiger partial charge in [0.1, 0.15) is 5.75 Å². The smallest absolute Gasteiger partial charge is 0.317 e. The van der Waals surface area contributed by atoms with Crippen molar-refractivity contribution in [2.45, 2.75) is 13.0 Å². The highest BCUT2D eigenvalue weighted by molar-refractivity contribution is 5.69. The van der Waals surface area contributed by atoms with Gasteiger partial charge in [0.15, 0.2) is 0 Å². The van der Waals surface area contributed by atoms with Crippen LogP contribution in [0.25, 0.3) is 0 Å². The fraction of sp³-hybridized carbons (Fsp3) is 0.417. The van der Waals surface area contributed by atoms with Crippen molar-refractivity contribution in [1.82, 2.24) is 4.90 Å². The molecule has 0 saturated carbocycles. The number of aliphatic carboxylic acids is 1. The Morgan fingerprint density at radius 2 is 2.00 bits per heavy atom. The van der Waals surface area contributed by atoms with Crippen molar-refractivity contribution in [3.05, 3.63) is 29.8 Å². The first-order chi connectivity index (χ1) is 7.54. The van der Waals surface area contributed by atoms with Crippen LogP contribution in [0.5, 0.6) is 5.75 Å². The van der Waals surface area contributed by atoms with Gasteiger partial charge < -0.3 is 9.84 Å². The van der Waals surface area contributed by atoms with Crippen LogP contribution in [-0.2, 0) is 4.79 Å². The number of hydrogen-bond acceptors (Lipinski definition) is 3. The molecule has 16 heavy (non-hydrogen) atoms. The SMILES string of the molecule is COc1ccc([C@@H](C)N(C)CC(=O)O)cc1. The van der Waals surface area contributed by atoms with Gasteiger partial charge in [-0.05, 0) is 31.7 Å². The lowest BCUT2D eigenvalue weighted by molar-refractivity contribution is -0.138. The third-order valence-corrected chi connectivity index (χ3v) is 2.64. The summed E-state index contributed by atoms with van der Waals surface area (Å²) in [6.45, 7) is 2.01. The van der Waals surface area contributed by atoms with Gasteiger partial charge in [-0.2, -0.15) is 0 Å². The number of likely N-dealkylation sites (N-methyl/N-ethyl adjacent to an activating group) is 1. The molecule has 1 rings (SSSR count). The van der Waals surface area contributed by atoms with Crippen LogP contribution in [0.2, 0.25) is 0 Å². The summed E-state index contributed by atoms with van der Waals surface area (Å²) in [7, 11) is 3.41. The van der Waals surface area contributed by atoms with Gasteiger partial charge in [0.2, 0.25) is 0 Å². The number of rotatable bonds is 5. The third kappa shape index (κ3) is 3.24. The molecule has 0 fully saturated rings. The maximum absolute atomic E-state index is 10.6. The molecular weight excluding hydrogens is 206 g/mol. The number of ether oxygens (including phenoxy) is 1. The Labute approximate surface area is 95.5 Å². The Balaban J connectivity index is 2.71. The lowest BCUT2D eigenvalue weighted by atomic mass is 10.1. The molecule has 88 valence electrons. The average molecular weight is 223 g/mol. The second-order valence-electron chi connectivity index (χ2n) is 3.76.